The Morgan fingerprint density at radius 1 is 0.524 bits per heavy atom. The van der Waals surface area contributed by atoms with Gasteiger partial charge in [-0.1, -0.05) is 18.2 Å². The molecule has 120 valence electrons. The Hall–Kier alpha value is -0.900. The molecule has 0 unspecified atom stereocenters. The van der Waals surface area contributed by atoms with E-state index in [0.29, 0.717) is 0 Å². The van der Waals surface area contributed by atoms with Crippen molar-refractivity contribution in [2.24, 2.45) is 0 Å². The summed E-state index contributed by atoms with van der Waals surface area (Å²) >= 11 is 0. The fourth-order valence-electron chi connectivity index (χ4n) is 2.02. The number of ether oxygens (including phenoxy) is 3. The zero-order valence-corrected chi connectivity index (χ0v) is 15.0. The van der Waals surface area contributed by atoms with E-state index in [0.717, 1.165) is 16.7 Å². The van der Waals surface area contributed by atoms with E-state index in [-0.39, 0.29) is 16.8 Å². The predicted molar refractivity (Wildman–Crippen MR) is 86.5 cm³/mol. The van der Waals surface area contributed by atoms with Crippen LogP contribution in [0.3, 0.4) is 0 Å². The van der Waals surface area contributed by atoms with Gasteiger partial charge in [-0.15, -0.1) is 0 Å². The molecular weight excluding hydrogens is 264 g/mol. The third-order valence-electron chi connectivity index (χ3n) is 4.55. The maximum atomic E-state index is 5.64. The second-order valence-corrected chi connectivity index (χ2v) is 6.94. The van der Waals surface area contributed by atoms with E-state index in [2.05, 4.69) is 59.7 Å². The molecule has 0 saturated carbocycles. The number of methoxy groups -OCH3 is 3. The first-order valence-electron chi connectivity index (χ1n) is 7.32. The molecule has 1 aromatic rings. The van der Waals surface area contributed by atoms with Gasteiger partial charge in [0.25, 0.3) is 0 Å². The van der Waals surface area contributed by atoms with Crippen LogP contribution in [-0.4, -0.2) is 21.3 Å². The van der Waals surface area contributed by atoms with E-state index in [1.165, 1.54) is 0 Å². The summed E-state index contributed by atoms with van der Waals surface area (Å²) in [6.45, 7) is 12.4. The van der Waals surface area contributed by atoms with Crippen LogP contribution in [0.1, 0.15) is 58.2 Å². The van der Waals surface area contributed by atoms with Gasteiger partial charge < -0.3 is 14.2 Å². The minimum atomic E-state index is -0.363. The topological polar surface area (TPSA) is 27.7 Å². The summed E-state index contributed by atoms with van der Waals surface area (Å²) in [5.74, 6) is 0. The van der Waals surface area contributed by atoms with Crippen molar-refractivity contribution in [2.75, 3.05) is 21.3 Å². The van der Waals surface area contributed by atoms with Crippen LogP contribution < -0.4 is 0 Å². The van der Waals surface area contributed by atoms with Gasteiger partial charge in [0.15, 0.2) is 0 Å². The van der Waals surface area contributed by atoms with Crippen LogP contribution in [0.2, 0.25) is 0 Å². The Labute approximate surface area is 129 Å². The van der Waals surface area contributed by atoms with Gasteiger partial charge in [-0.3, -0.25) is 0 Å². The molecular formula is C18H30O3. The summed E-state index contributed by atoms with van der Waals surface area (Å²) in [4.78, 5) is 0. The predicted octanol–water partition coefficient (Wildman–Crippen LogP) is 4.33. The van der Waals surface area contributed by atoms with Crippen molar-refractivity contribution >= 4 is 0 Å². The molecule has 21 heavy (non-hydrogen) atoms. The second-order valence-electron chi connectivity index (χ2n) is 6.94. The van der Waals surface area contributed by atoms with Crippen LogP contribution in [0.5, 0.6) is 0 Å². The highest BCUT2D eigenvalue weighted by Gasteiger charge is 2.29. The van der Waals surface area contributed by atoms with E-state index in [4.69, 9.17) is 14.2 Å². The molecule has 0 radical (unpaired) electrons. The Bertz CT molecular complexity index is 403. The van der Waals surface area contributed by atoms with E-state index < -0.39 is 0 Å². The quantitative estimate of drug-likeness (QED) is 0.781. The molecule has 0 spiro atoms. The molecule has 0 saturated heterocycles. The van der Waals surface area contributed by atoms with Gasteiger partial charge in [0, 0.05) is 21.3 Å². The van der Waals surface area contributed by atoms with Gasteiger partial charge in [0.1, 0.15) is 0 Å². The number of hydrogen-bond donors (Lipinski definition) is 0. The monoisotopic (exact) mass is 294 g/mol. The standard InChI is InChI=1S/C18H30O3/c1-16(2,19-7)13-10-14(17(3,4)20-8)12-15(11-13)18(5,6)21-9/h10-12H,1-9H3. The summed E-state index contributed by atoms with van der Waals surface area (Å²) in [7, 11) is 5.19. The van der Waals surface area contributed by atoms with Crippen LogP contribution in [0, 0.1) is 0 Å². The molecule has 0 amide bonds. The van der Waals surface area contributed by atoms with Gasteiger partial charge in [0.05, 0.1) is 16.8 Å². The lowest BCUT2D eigenvalue weighted by molar-refractivity contribution is 0.00767. The molecule has 0 aliphatic carbocycles. The Morgan fingerprint density at radius 2 is 0.714 bits per heavy atom. The van der Waals surface area contributed by atoms with E-state index in [1.807, 2.05) is 0 Å². The molecule has 3 nitrogen and oxygen atoms in total. The Kier molecular flexibility index (Phi) is 5.25. The summed E-state index contributed by atoms with van der Waals surface area (Å²) < 4.78 is 16.9. The highest BCUT2D eigenvalue weighted by molar-refractivity contribution is 5.38. The van der Waals surface area contributed by atoms with Crippen LogP contribution in [0.15, 0.2) is 18.2 Å². The van der Waals surface area contributed by atoms with Gasteiger partial charge in [-0.25, -0.2) is 0 Å². The maximum absolute atomic E-state index is 5.64. The van der Waals surface area contributed by atoms with E-state index in [1.54, 1.807) is 21.3 Å². The second kappa shape index (κ2) is 6.07. The fourth-order valence-corrected chi connectivity index (χ4v) is 2.02. The molecule has 0 heterocycles. The molecule has 0 aliphatic rings. The lowest BCUT2D eigenvalue weighted by atomic mass is 9.85. The van der Waals surface area contributed by atoms with Crippen molar-refractivity contribution < 1.29 is 14.2 Å². The first kappa shape index (κ1) is 18.1. The molecule has 0 bridgehead atoms. The minimum absolute atomic E-state index is 0.363. The van der Waals surface area contributed by atoms with Crippen LogP contribution in [0.4, 0.5) is 0 Å². The number of hydrogen-bond acceptors (Lipinski definition) is 3. The highest BCUT2D eigenvalue weighted by Crippen LogP contribution is 2.35. The van der Waals surface area contributed by atoms with Gasteiger partial charge in [0.2, 0.25) is 0 Å². The summed E-state index contributed by atoms with van der Waals surface area (Å²) in [5, 5.41) is 0. The van der Waals surface area contributed by atoms with Gasteiger partial charge >= 0.3 is 0 Å². The minimum Gasteiger partial charge on any atom is -0.374 e. The van der Waals surface area contributed by atoms with Gasteiger partial charge in [-0.2, -0.15) is 0 Å². The van der Waals surface area contributed by atoms with E-state index in [9.17, 15) is 0 Å². The van der Waals surface area contributed by atoms with Crippen LogP contribution in [-0.2, 0) is 31.0 Å². The van der Waals surface area contributed by atoms with Crippen molar-refractivity contribution in [1.82, 2.24) is 0 Å². The molecule has 0 atom stereocenters. The molecule has 0 fully saturated rings. The zero-order chi connectivity index (χ0) is 16.5. The molecule has 3 heteroatoms. The maximum Gasteiger partial charge on any atom is 0.0871 e. The highest BCUT2D eigenvalue weighted by atomic mass is 16.5. The third kappa shape index (κ3) is 3.85. The largest absolute Gasteiger partial charge is 0.374 e. The molecule has 0 N–H and O–H groups in total. The fraction of sp³-hybridized carbons (Fsp3) is 0.667. The average molecular weight is 294 g/mol. The van der Waals surface area contributed by atoms with Crippen molar-refractivity contribution in [1.29, 1.82) is 0 Å². The number of benzene rings is 1. The smallest absolute Gasteiger partial charge is 0.0871 e. The summed E-state index contributed by atoms with van der Waals surface area (Å²) in [6.07, 6.45) is 0. The van der Waals surface area contributed by atoms with Crippen molar-refractivity contribution in [3.05, 3.63) is 34.9 Å². The van der Waals surface area contributed by atoms with Crippen molar-refractivity contribution in [3.8, 4) is 0 Å². The normalized spacial score (nSPS) is 13.6. The molecule has 0 aliphatic heterocycles. The SMILES string of the molecule is COC(C)(C)c1cc(C(C)(C)OC)cc(C(C)(C)OC)c1. The Morgan fingerprint density at radius 3 is 0.857 bits per heavy atom. The van der Waals surface area contributed by atoms with Crippen LogP contribution >= 0.6 is 0 Å². The van der Waals surface area contributed by atoms with Crippen molar-refractivity contribution in [2.45, 2.75) is 58.3 Å². The molecule has 0 aromatic heterocycles. The van der Waals surface area contributed by atoms with Crippen molar-refractivity contribution in [3.63, 3.8) is 0 Å². The first-order chi connectivity index (χ1) is 9.50. The van der Waals surface area contributed by atoms with Gasteiger partial charge in [-0.05, 0) is 58.2 Å². The lowest BCUT2D eigenvalue weighted by Gasteiger charge is -2.32. The lowest BCUT2D eigenvalue weighted by Crippen LogP contribution is -2.27. The Balaban J connectivity index is 3.55. The van der Waals surface area contributed by atoms with E-state index >= 15 is 0 Å². The first-order valence-corrected chi connectivity index (χ1v) is 7.32. The zero-order valence-electron chi connectivity index (χ0n) is 15.0. The summed E-state index contributed by atoms with van der Waals surface area (Å²) in [6, 6.07) is 6.46. The van der Waals surface area contributed by atoms with Crippen LogP contribution in [0.25, 0.3) is 0 Å². The number of rotatable bonds is 6. The third-order valence-corrected chi connectivity index (χ3v) is 4.55. The molecule has 1 rings (SSSR count). The summed E-state index contributed by atoms with van der Waals surface area (Å²) in [5.41, 5.74) is 2.27. The molecule has 1 aromatic carbocycles. The average Bonchev–Trinajstić information content (AvgIpc) is 2.46.